The maximum atomic E-state index is 12.2. The molecular weight excluding hydrogens is 314 g/mol. The van der Waals surface area contributed by atoms with Crippen molar-refractivity contribution in [1.29, 1.82) is 0 Å². The highest BCUT2D eigenvalue weighted by atomic mass is 16.3. The number of aryl methyl sites for hydroxylation is 1. The lowest BCUT2D eigenvalue weighted by Crippen LogP contribution is -3.08. The fourth-order valence-electron chi connectivity index (χ4n) is 3.33. The lowest BCUT2D eigenvalue weighted by molar-refractivity contribution is -0.886. The molecular formula is C20H28N3O2+. The predicted octanol–water partition coefficient (Wildman–Crippen LogP) is 2.23. The predicted molar refractivity (Wildman–Crippen MR) is 100 cm³/mol. The monoisotopic (exact) mass is 342 g/mol. The number of carbonyl (C=O) groups excluding carboxylic acids is 1. The number of hydrogen-bond donors (Lipinski definition) is 2. The van der Waals surface area contributed by atoms with E-state index < -0.39 is 0 Å². The van der Waals surface area contributed by atoms with E-state index >= 15 is 0 Å². The van der Waals surface area contributed by atoms with Crippen LogP contribution in [-0.4, -0.2) is 32.6 Å². The van der Waals surface area contributed by atoms with E-state index in [0.717, 1.165) is 35.2 Å². The highest BCUT2D eigenvalue weighted by molar-refractivity contribution is 5.91. The minimum atomic E-state index is 0.0199. The molecule has 0 saturated carbocycles. The van der Waals surface area contributed by atoms with E-state index in [1.807, 2.05) is 38.2 Å². The van der Waals surface area contributed by atoms with E-state index in [2.05, 4.69) is 22.3 Å². The summed E-state index contributed by atoms with van der Waals surface area (Å²) in [7, 11) is 2.00. The van der Waals surface area contributed by atoms with Crippen LogP contribution in [0.15, 0.2) is 40.8 Å². The van der Waals surface area contributed by atoms with Crippen molar-refractivity contribution in [2.75, 3.05) is 36.9 Å². The van der Waals surface area contributed by atoms with Gasteiger partial charge < -0.3 is 19.5 Å². The Morgan fingerprint density at radius 3 is 2.48 bits per heavy atom. The van der Waals surface area contributed by atoms with Crippen molar-refractivity contribution in [3.63, 3.8) is 0 Å². The molecule has 25 heavy (non-hydrogen) atoms. The van der Waals surface area contributed by atoms with Crippen LogP contribution in [0, 0.1) is 6.92 Å². The SMILES string of the molecule is Cc1ccc(C[NH+](C)CC(=O)Nc2ccc(N3CCCCC3)cc2)o1. The van der Waals surface area contributed by atoms with Crippen molar-refractivity contribution in [1.82, 2.24) is 0 Å². The van der Waals surface area contributed by atoms with Crippen LogP contribution < -0.4 is 15.1 Å². The molecule has 1 unspecified atom stereocenters. The smallest absolute Gasteiger partial charge is 0.279 e. The lowest BCUT2D eigenvalue weighted by Gasteiger charge is -2.28. The Labute approximate surface area is 149 Å². The van der Waals surface area contributed by atoms with Gasteiger partial charge in [-0.25, -0.2) is 0 Å². The van der Waals surface area contributed by atoms with E-state index in [0.29, 0.717) is 13.1 Å². The fourth-order valence-corrected chi connectivity index (χ4v) is 3.33. The Kier molecular flexibility index (Phi) is 5.76. The molecule has 1 atom stereocenters. The molecule has 1 aliphatic heterocycles. The molecule has 0 spiro atoms. The minimum Gasteiger partial charge on any atom is -0.460 e. The number of carbonyl (C=O) groups is 1. The third-order valence-corrected chi connectivity index (χ3v) is 4.61. The number of nitrogens with zero attached hydrogens (tertiary/aromatic N) is 1. The molecule has 5 nitrogen and oxygen atoms in total. The number of benzene rings is 1. The van der Waals surface area contributed by atoms with Gasteiger partial charge in [0.15, 0.2) is 12.3 Å². The molecule has 0 bridgehead atoms. The van der Waals surface area contributed by atoms with Gasteiger partial charge >= 0.3 is 0 Å². The van der Waals surface area contributed by atoms with Gasteiger partial charge in [0.1, 0.15) is 12.3 Å². The number of piperidine rings is 1. The molecule has 1 aromatic carbocycles. The summed E-state index contributed by atoms with van der Waals surface area (Å²) in [6.07, 6.45) is 3.86. The molecule has 2 N–H and O–H groups in total. The number of furan rings is 1. The van der Waals surface area contributed by atoms with Gasteiger partial charge in [-0.3, -0.25) is 4.79 Å². The third-order valence-electron chi connectivity index (χ3n) is 4.61. The zero-order chi connectivity index (χ0) is 17.6. The van der Waals surface area contributed by atoms with Gasteiger partial charge in [0.25, 0.3) is 5.91 Å². The van der Waals surface area contributed by atoms with E-state index in [4.69, 9.17) is 4.42 Å². The average molecular weight is 342 g/mol. The molecule has 2 heterocycles. The van der Waals surface area contributed by atoms with Crippen molar-refractivity contribution in [3.05, 3.63) is 47.9 Å². The van der Waals surface area contributed by atoms with Gasteiger partial charge in [0.2, 0.25) is 0 Å². The summed E-state index contributed by atoms with van der Waals surface area (Å²) in [5.41, 5.74) is 2.10. The first kappa shape index (κ1) is 17.5. The average Bonchev–Trinajstić information content (AvgIpc) is 3.01. The minimum absolute atomic E-state index is 0.0199. The first-order valence-electron chi connectivity index (χ1n) is 9.11. The molecule has 0 aliphatic carbocycles. The summed E-state index contributed by atoms with van der Waals surface area (Å²) >= 11 is 0. The number of nitrogens with one attached hydrogen (secondary N) is 2. The van der Waals surface area contributed by atoms with Gasteiger partial charge in [-0.1, -0.05) is 0 Å². The number of hydrogen-bond acceptors (Lipinski definition) is 3. The molecule has 1 saturated heterocycles. The second kappa shape index (κ2) is 8.21. The van der Waals surface area contributed by atoms with E-state index in [1.54, 1.807) is 0 Å². The molecule has 1 amide bonds. The van der Waals surface area contributed by atoms with Crippen molar-refractivity contribution in [3.8, 4) is 0 Å². The van der Waals surface area contributed by atoms with Gasteiger partial charge in [0.05, 0.1) is 7.05 Å². The lowest BCUT2D eigenvalue weighted by atomic mass is 10.1. The zero-order valence-corrected chi connectivity index (χ0v) is 15.2. The maximum absolute atomic E-state index is 12.2. The highest BCUT2D eigenvalue weighted by Crippen LogP contribution is 2.21. The number of likely N-dealkylation sites (N-methyl/N-ethyl adjacent to an activating group) is 1. The highest BCUT2D eigenvalue weighted by Gasteiger charge is 2.14. The Morgan fingerprint density at radius 1 is 1.12 bits per heavy atom. The molecule has 3 rings (SSSR count). The Balaban J connectivity index is 1.48. The summed E-state index contributed by atoms with van der Waals surface area (Å²) in [6.45, 7) is 5.31. The summed E-state index contributed by atoms with van der Waals surface area (Å²) in [5.74, 6) is 1.83. The van der Waals surface area contributed by atoms with Crippen molar-refractivity contribution in [2.24, 2.45) is 0 Å². The Hall–Kier alpha value is -2.27. The van der Waals surface area contributed by atoms with Crippen LogP contribution in [0.1, 0.15) is 30.8 Å². The number of rotatable bonds is 6. The van der Waals surface area contributed by atoms with Gasteiger partial charge in [0, 0.05) is 24.5 Å². The number of quaternary nitrogens is 1. The van der Waals surface area contributed by atoms with Crippen LogP contribution in [-0.2, 0) is 11.3 Å². The maximum Gasteiger partial charge on any atom is 0.279 e. The van der Waals surface area contributed by atoms with Crippen LogP contribution in [0.3, 0.4) is 0 Å². The number of amides is 1. The number of anilines is 2. The molecule has 5 heteroatoms. The summed E-state index contributed by atoms with van der Waals surface area (Å²) in [6, 6.07) is 12.1. The van der Waals surface area contributed by atoms with Crippen molar-refractivity contribution < 1.29 is 14.1 Å². The quantitative estimate of drug-likeness (QED) is 0.846. The summed E-state index contributed by atoms with van der Waals surface area (Å²) in [5, 5.41) is 2.99. The normalized spacial score (nSPS) is 15.8. The molecule has 1 aliphatic rings. The summed E-state index contributed by atoms with van der Waals surface area (Å²) in [4.78, 5) is 15.7. The van der Waals surface area contributed by atoms with Gasteiger partial charge in [-0.05, 0) is 62.6 Å². The van der Waals surface area contributed by atoms with Gasteiger partial charge in [-0.2, -0.15) is 0 Å². The summed E-state index contributed by atoms with van der Waals surface area (Å²) < 4.78 is 5.57. The standard InChI is InChI=1S/C20H27N3O2/c1-16-6-11-19(25-16)14-22(2)15-20(24)21-17-7-9-18(10-8-17)23-12-4-3-5-13-23/h6-11H,3-5,12-15H2,1-2H3,(H,21,24)/p+1. The van der Waals surface area contributed by atoms with Gasteiger partial charge in [-0.15, -0.1) is 0 Å². The second-order valence-electron chi connectivity index (χ2n) is 6.97. The third kappa shape index (κ3) is 5.10. The topological polar surface area (TPSA) is 49.9 Å². The van der Waals surface area contributed by atoms with Crippen molar-refractivity contribution >= 4 is 17.3 Å². The molecule has 134 valence electrons. The fraction of sp³-hybridized carbons (Fsp3) is 0.450. The zero-order valence-electron chi connectivity index (χ0n) is 15.2. The van der Waals surface area contributed by atoms with Crippen LogP contribution in [0.2, 0.25) is 0 Å². The van der Waals surface area contributed by atoms with Crippen LogP contribution >= 0.6 is 0 Å². The van der Waals surface area contributed by atoms with Crippen LogP contribution in [0.25, 0.3) is 0 Å². The Morgan fingerprint density at radius 2 is 1.84 bits per heavy atom. The molecule has 1 fully saturated rings. The van der Waals surface area contributed by atoms with E-state index in [9.17, 15) is 4.79 Å². The largest absolute Gasteiger partial charge is 0.460 e. The first-order chi connectivity index (χ1) is 12.1. The van der Waals surface area contributed by atoms with E-state index in [-0.39, 0.29) is 5.91 Å². The van der Waals surface area contributed by atoms with Crippen LogP contribution in [0.5, 0.6) is 0 Å². The van der Waals surface area contributed by atoms with E-state index in [1.165, 1.54) is 24.9 Å². The first-order valence-corrected chi connectivity index (χ1v) is 9.11. The molecule has 1 aromatic heterocycles. The Bertz CT molecular complexity index is 687. The van der Waals surface area contributed by atoms with Crippen LogP contribution in [0.4, 0.5) is 11.4 Å². The molecule has 2 aromatic rings. The molecule has 0 radical (unpaired) electrons. The second-order valence-corrected chi connectivity index (χ2v) is 6.97. The van der Waals surface area contributed by atoms with Crippen molar-refractivity contribution in [2.45, 2.75) is 32.7 Å².